The molecule has 3 aliphatic heterocycles. The van der Waals surface area contributed by atoms with Gasteiger partial charge in [0.1, 0.15) is 11.5 Å². The lowest BCUT2D eigenvalue weighted by molar-refractivity contribution is 0.489. The van der Waals surface area contributed by atoms with Crippen molar-refractivity contribution in [2.45, 2.75) is 0 Å². The average Bonchev–Trinajstić information content (AvgIpc) is 2.89. The standard InChI is InChI=1S/C30H17Cl2N2OP/c31-18-14-24-29-26(16-18)35-27-17-19(32)15-25-30(27)36(29)28-22(33(24)20-8-3-1-4-9-20)12-7-13-23(28)34(25)21-10-5-2-6-11-21/h1-17H. The molecule has 0 bridgehead atoms. The van der Waals surface area contributed by atoms with Crippen molar-refractivity contribution in [2.75, 3.05) is 9.80 Å². The summed E-state index contributed by atoms with van der Waals surface area (Å²) in [6.45, 7) is 0. The van der Waals surface area contributed by atoms with Gasteiger partial charge in [-0.2, -0.15) is 0 Å². The van der Waals surface area contributed by atoms with Crippen molar-refractivity contribution >= 4 is 81.2 Å². The molecule has 3 aliphatic rings. The Labute approximate surface area is 219 Å². The Morgan fingerprint density at radius 2 is 0.972 bits per heavy atom. The maximum Gasteiger partial charge on any atom is 0.139 e. The second-order valence-electron chi connectivity index (χ2n) is 8.97. The van der Waals surface area contributed by atoms with E-state index in [-0.39, 0.29) is 0 Å². The molecule has 0 unspecified atom stereocenters. The highest BCUT2D eigenvalue weighted by molar-refractivity contribution is 7.81. The first kappa shape index (κ1) is 20.7. The Bertz CT molecular complexity index is 1590. The Morgan fingerprint density at radius 3 is 1.44 bits per heavy atom. The number of hydrogen-bond donors (Lipinski definition) is 0. The van der Waals surface area contributed by atoms with Crippen molar-refractivity contribution in [1.82, 2.24) is 0 Å². The second-order valence-corrected chi connectivity index (χ2v) is 11.9. The summed E-state index contributed by atoms with van der Waals surface area (Å²) < 4.78 is 6.57. The molecule has 0 fully saturated rings. The van der Waals surface area contributed by atoms with Gasteiger partial charge >= 0.3 is 0 Å². The van der Waals surface area contributed by atoms with Gasteiger partial charge in [-0.25, -0.2) is 0 Å². The van der Waals surface area contributed by atoms with Gasteiger partial charge in [-0.3, -0.25) is 0 Å². The van der Waals surface area contributed by atoms with Crippen LogP contribution in [0, 0.1) is 0 Å². The van der Waals surface area contributed by atoms with E-state index in [2.05, 4.69) is 88.7 Å². The van der Waals surface area contributed by atoms with E-state index in [1.54, 1.807) is 0 Å². The van der Waals surface area contributed by atoms with Crippen LogP contribution in [0.1, 0.15) is 0 Å². The molecule has 172 valence electrons. The highest BCUT2D eigenvalue weighted by atomic mass is 35.5. The molecule has 0 amide bonds. The minimum Gasteiger partial charge on any atom is -0.456 e. The van der Waals surface area contributed by atoms with E-state index >= 15 is 0 Å². The van der Waals surface area contributed by atoms with Gasteiger partial charge < -0.3 is 14.5 Å². The highest BCUT2D eigenvalue weighted by Gasteiger charge is 2.46. The summed E-state index contributed by atoms with van der Waals surface area (Å²) in [7, 11) is -0.888. The number of benzene rings is 5. The molecule has 0 spiro atoms. The van der Waals surface area contributed by atoms with Crippen LogP contribution < -0.4 is 30.5 Å². The van der Waals surface area contributed by atoms with E-state index in [4.69, 9.17) is 27.9 Å². The Kier molecular flexibility index (Phi) is 4.31. The predicted octanol–water partition coefficient (Wildman–Crippen LogP) is 8.42. The summed E-state index contributed by atoms with van der Waals surface area (Å²) in [5, 5.41) is 5.00. The smallest absolute Gasteiger partial charge is 0.139 e. The van der Waals surface area contributed by atoms with Gasteiger partial charge in [0.25, 0.3) is 0 Å². The third kappa shape index (κ3) is 2.74. The third-order valence-corrected chi connectivity index (χ3v) is 10.1. The lowest BCUT2D eigenvalue weighted by Crippen LogP contribution is -2.43. The van der Waals surface area contributed by atoms with Crippen molar-refractivity contribution in [1.29, 1.82) is 0 Å². The summed E-state index contributed by atoms with van der Waals surface area (Å²) in [6, 6.07) is 35.5. The van der Waals surface area contributed by atoms with Crippen LogP contribution in [-0.4, -0.2) is 0 Å². The second kappa shape index (κ2) is 7.51. The molecule has 0 atom stereocenters. The zero-order valence-electron chi connectivity index (χ0n) is 18.8. The minimum atomic E-state index is -0.888. The summed E-state index contributed by atoms with van der Waals surface area (Å²) in [5.74, 6) is 1.61. The van der Waals surface area contributed by atoms with Crippen LogP contribution in [-0.2, 0) is 0 Å². The Hall–Kier alpha value is -3.49. The number of rotatable bonds is 2. The van der Waals surface area contributed by atoms with Crippen molar-refractivity contribution in [3.8, 4) is 11.5 Å². The first-order chi connectivity index (χ1) is 17.7. The van der Waals surface area contributed by atoms with Gasteiger partial charge in [0.15, 0.2) is 0 Å². The highest BCUT2D eigenvalue weighted by Crippen LogP contribution is 2.62. The summed E-state index contributed by atoms with van der Waals surface area (Å²) in [5.41, 5.74) is 6.64. The van der Waals surface area contributed by atoms with Crippen molar-refractivity contribution in [3.63, 3.8) is 0 Å². The number of nitrogens with zero attached hydrogens (tertiary/aromatic N) is 2. The number of ether oxygens (including phenoxy) is 1. The molecule has 0 saturated heterocycles. The minimum absolute atomic E-state index is 0.646. The van der Waals surface area contributed by atoms with Crippen molar-refractivity contribution < 1.29 is 4.74 Å². The lowest BCUT2D eigenvalue weighted by atomic mass is 10.1. The van der Waals surface area contributed by atoms with Crippen LogP contribution >= 0.6 is 31.1 Å². The molecular formula is C30H17Cl2N2OP. The molecule has 5 aromatic carbocycles. The van der Waals surface area contributed by atoms with Gasteiger partial charge in [0.05, 0.1) is 33.4 Å². The molecule has 3 nitrogen and oxygen atoms in total. The zero-order chi connectivity index (χ0) is 24.0. The van der Waals surface area contributed by atoms with Gasteiger partial charge in [0, 0.05) is 46.8 Å². The molecule has 0 saturated carbocycles. The molecule has 36 heavy (non-hydrogen) atoms. The van der Waals surface area contributed by atoms with Crippen molar-refractivity contribution in [3.05, 3.63) is 113 Å². The monoisotopic (exact) mass is 522 g/mol. The topological polar surface area (TPSA) is 15.7 Å². The summed E-state index contributed by atoms with van der Waals surface area (Å²) in [4.78, 5) is 4.64. The summed E-state index contributed by atoms with van der Waals surface area (Å²) in [6.07, 6.45) is 0. The van der Waals surface area contributed by atoms with Crippen molar-refractivity contribution in [2.24, 2.45) is 0 Å². The van der Waals surface area contributed by atoms with Gasteiger partial charge in [-0.1, -0.05) is 65.7 Å². The molecular weight excluding hydrogens is 506 g/mol. The largest absolute Gasteiger partial charge is 0.456 e. The predicted molar refractivity (Wildman–Crippen MR) is 152 cm³/mol. The lowest BCUT2D eigenvalue weighted by Gasteiger charge is -2.47. The van der Waals surface area contributed by atoms with E-state index in [1.807, 2.05) is 24.3 Å². The fraction of sp³-hybridized carbons (Fsp3) is 0. The van der Waals surface area contributed by atoms with E-state index in [0.29, 0.717) is 10.0 Å². The average molecular weight is 523 g/mol. The van der Waals surface area contributed by atoms with Crippen LogP contribution in [0.4, 0.5) is 34.1 Å². The molecule has 3 heterocycles. The van der Waals surface area contributed by atoms with Crippen LogP contribution in [0.3, 0.4) is 0 Å². The first-order valence-corrected chi connectivity index (χ1v) is 13.8. The molecule has 0 radical (unpaired) electrons. The first-order valence-electron chi connectivity index (χ1n) is 11.7. The Balaban J connectivity index is 1.53. The fourth-order valence-corrected chi connectivity index (χ4v) is 8.93. The quantitative estimate of drug-likeness (QED) is 0.212. The van der Waals surface area contributed by atoms with E-state index in [0.717, 1.165) is 34.2 Å². The Morgan fingerprint density at radius 1 is 0.500 bits per heavy atom. The fourth-order valence-electron chi connectivity index (χ4n) is 5.60. The maximum absolute atomic E-state index is 6.68. The van der Waals surface area contributed by atoms with Gasteiger partial charge in [-0.15, -0.1) is 0 Å². The summed E-state index contributed by atoms with van der Waals surface area (Å²) >= 11 is 13.4. The zero-order valence-corrected chi connectivity index (χ0v) is 21.2. The molecule has 5 aromatic rings. The molecule has 0 aliphatic carbocycles. The van der Waals surface area contributed by atoms with E-state index in [9.17, 15) is 0 Å². The number of halogens is 2. The molecule has 8 rings (SSSR count). The van der Waals surface area contributed by atoms with E-state index in [1.165, 1.54) is 27.3 Å². The van der Waals surface area contributed by atoms with Gasteiger partial charge in [-0.05, 0) is 48.5 Å². The van der Waals surface area contributed by atoms with Crippen LogP contribution in [0.25, 0.3) is 0 Å². The number of anilines is 6. The molecule has 0 N–H and O–H groups in total. The number of para-hydroxylation sites is 2. The van der Waals surface area contributed by atoms with E-state index < -0.39 is 7.92 Å². The number of hydrogen-bond acceptors (Lipinski definition) is 3. The van der Waals surface area contributed by atoms with Gasteiger partial charge in [0.2, 0.25) is 0 Å². The van der Waals surface area contributed by atoms with Crippen LogP contribution in [0.5, 0.6) is 11.5 Å². The van der Waals surface area contributed by atoms with Crippen LogP contribution in [0.2, 0.25) is 10.0 Å². The van der Waals surface area contributed by atoms with Crippen LogP contribution in [0.15, 0.2) is 103 Å². The third-order valence-electron chi connectivity index (χ3n) is 6.92. The normalized spacial score (nSPS) is 14.4. The maximum atomic E-state index is 6.68. The SMILES string of the molecule is Clc1cc2c3c(c1)N(c1ccccc1)c1cccc4c1P3c1c(cc(Cl)cc1N4c1ccccc1)O2. The molecule has 0 aromatic heterocycles. The molecule has 6 heteroatoms.